The Kier molecular flexibility index (Phi) is 3.68. The standard InChI is InChI=1S/C16H22N4O/c1-4-18-7-9-19(10-8-18)16(21)15-13(3)17-14-11-12(2)5-6-20(14)15/h5-6,11H,4,7-10H2,1-3H3. The van der Waals surface area contributed by atoms with E-state index in [0.717, 1.165) is 49.6 Å². The van der Waals surface area contributed by atoms with E-state index in [2.05, 4.69) is 16.8 Å². The smallest absolute Gasteiger partial charge is 0.272 e. The Bertz CT molecular complexity index is 668. The summed E-state index contributed by atoms with van der Waals surface area (Å²) in [5.41, 5.74) is 3.52. The van der Waals surface area contributed by atoms with Crippen LogP contribution in [0.3, 0.4) is 0 Å². The normalized spacial score (nSPS) is 16.6. The second-order valence-electron chi connectivity index (χ2n) is 5.70. The number of likely N-dealkylation sites (N-methyl/N-ethyl adjacent to an activating group) is 1. The fourth-order valence-corrected chi connectivity index (χ4v) is 2.94. The summed E-state index contributed by atoms with van der Waals surface area (Å²) >= 11 is 0. The van der Waals surface area contributed by atoms with E-state index in [4.69, 9.17) is 0 Å². The zero-order valence-corrected chi connectivity index (χ0v) is 13.0. The third-order valence-corrected chi connectivity index (χ3v) is 4.27. The number of nitrogens with zero attached hydrogens (tertiary/aromatic N) is 4. The minimum absolute atomic E-state index is 0.0969. The lowest BCUT2D eigenvalue weighted by atomic mass is 10.2. The molecule has 0 atom stereocenters. The first-order chi connectivity index (χ1) is 10.1. The van der Waals surface area contributed by atoms with Gasteiger partial charge in [-0.2, -0.15) is 0 Å². The van der Waals surface area contributed by atoms with Crippen molar-refractivity contribution in [2.24, 2.45) is 0 Å². The number of aryl methyl sites for hydroxylation is 2. The highest BCUT2D eigenvalue weighted by molar-refractivity contribution is 5.94. The van der Waals surface area contributed by atoms with Gasteiger partial charge in [0.05, 0.1) is 5.69 Å². The highest BCUT2D eigenvalue weighted by atomic mass is 16.2. The van der Waals surface area contributed by atoms with Crippen molar-refractivity contribution < 1.29 is 4.79 Å². The molecule has 112 valence electrons. The summed E-state index contributed by atoms with van der Waals surface area (Å²) in [5, 5.41) is 0. The first kappa shape index (κ1) is 14.1. The molecule has 1 saturated heterocycles. The van der Waals surface area contributed by atoms with Crippen LogP contribution in [-0.4, -0.2) is 57.8 Å². The van der Waals surface area contributed by atoms with E-state index in [0.29, 0.717) is 5.69 Å². The van der Waals surface area contributed by atoms with Crippen molar-refractivity contribution in [2.45, 2.75) is 20.8 Å². The third-order valence-electron chi connectivity index (χ3n) is 4.27. The molecule has 0 unspecified atom stereocenters. The van der Waals surface area contributed by atoms with Gasteiger partial charge in [0.1, 0.15) is 11.3 Å². The number of amides is 1. The predicted molar refractivity (Wildman–Crippen MR) is 82.7 cm³/mol. The van der Waals surface area contributed by atoms with Gasteiger partial charge < -0.3 is 9.80 Å². The van der Waals surface area contributed by atoms with Crippen molar-refractivity contribution in [3.05, 3.63) is 35.3 Å². The van der Waals surface area contributed by atoms with Gasteiger partial charge in [-0.1, -0.05) is 6.92 Å². The first-order valence-corrected chi connectivity index (χ1v) is 7.57. The van der Waals surface area contributed by atoms with E-state index in [1.54, 1.807) is 0 Å². The summed E-state index contributed by atoms with van der Waals surface area (Å²) in [6, 6.07) is 4.03. The van der Waals surface area contributed by atoms with Crippen LogP contribution in [0.25, 0.3) is 5.65 Å². The number of imidazole rings is 1. The molecule has 1 aliphatic heterocycles. The summed E-state index contributed by atoms with van der Waals surface area (Å²) in [5.74, 6) is 0.0969. The maximum atomic E-state index is 12.8. The molecular weight excluding hydrogens is 264 g/mol. The van der Waals surface area contributed by atoms with Crippen LogP contribution in [0.5, 0.6) is 0 Å². The quantitative estimate of drug-likeness (QED) is 0.844. The molecule has 1 fully saturated rings. The maximum Gasteiger partial charge on any atom is 0.272 e. The van der Waals surface area contributed by atoms with Gasteiger partial charge in [0.2, 0.25) is 0 Å². The molecule has 0 spiro atoms. The molecule has 21 heavy (non-hydrogen) atoms. The average Bonchev–Trinajstić information content (AvgIpc) is 2.81. The largest absolute Gasteiger partial charge is 0.335 e. The third kappa shape index (κ3) is 2.53. The van der Waals surface area contributed by atoms with Crippen LogP contribution in [0, 0.1) is 13.8 Å². The SMILES string of the molecule is CCN1CCN(C(=O)c2c(C)nc3cc(C)ccn23)CC1. The van der Waals surface area contributed by atoms with Crippen molar-refractivity contribution in [3.8, 4) is 0 Å². The number of hydrogen-bond donors (Lipinski definition) is 0. The zero-order valence-electron chi connectivity index (χ0n) is 13.0. The number of rotatable bonds is 2. The number of piperazine rings is 1. The fourth-order valence-electron chi connectivity index (χ4n) is 2.94. The van der Waals surface area contributed by atoms with Crippen LogP contribution in [0.1, 0.15) is 28.7 Å². The van der Waals surface area contributed by atoms with Crippen LogP contribution < -0.4 is 0 Å². The summed E-state index contributed by atoms with van der Waals surface area (Å²) in [4.78, 5) is 21.7. The molecule has 5 nitrogen and oxygen atoms in total. The molecule has 5 heteroatoms. The Morgan fingerprint density at radius 3 is 2.62 bits per heavy atom. The van der Waals surface area contributed by atoms with Crippen LogP contribution >= 0.6 is 0 Å². The number of aromatic nitrogens is 2. The van der Waals surface area contributed by atoms with E-state index < -0.39 is 0 Å². The Hall–Kier alpha value is -1.88. The van der Waals surface area contributed by atoms with Gasteiger partial charge in [-0.25, -0.2) is 4.98 Å². The molecule has 3 heterocycles. The highest BCUT2D eigenvalue weighted by Gasteiger charge is 2.25. The van der Waals surface area contributed by atoms with Crippen molar-refractivity contribution in [3.63, 3.8) is 0 Å². The first-order valence-electron chi connectivity index (χ1n) is 7.57. The molecule has 3 rings (SSSR count). The lowest BCUT2D eigenvalue weighted by molar-refractivity contribution is 0.0635. The minimum atomic E-state index is 0.0969. The van der Waals surface area contributed by atoms with Crippen molar-refractivity contribution in [1.82, 2.24) is 19.2 Å². The van der Waals surface area contributed by atoms with Crippen molar-refractivity contribution >= 4 is 11.6 Å². The number of carbonyl (C=O) groups excluding carboxylic acids is 1. The molecule has 0 saturated carbocycles. The lowest BCUT2D eigenvalue weighted by Crippen LogP contribution is -2.48. The Labute approximate surface area is 125 Å². The van der Waals surface area contributed by atoms with Gasteiger partial charge >= 0.3 is 0 Å². The monoisotopic (exact) mass is 286 g/mol. The highest BCUT2D eigenvalue weighted by Crippen LogP contribution is 2.16. The number of carbonyl (C=O) groups is 1. The van der Waals surface area contributed by atoms with Crippen LogP contribution in [0.15, 0.2) is 18.3 Å². The topological polar surface area (TPSA) is 40.8 Å². The minimum Gasteiger partial charge on any atom is -0.335 e. The maximum absolute atomic E-state index is 12.8. The molecule has 1 amide bonds. The number of pyridine rings is 1. The molecule has 0 aromatic carbocycles. The molecule has 0 N–H and O–H groups in total. The molecule has 0 aliphatic carbocycles. The van der Waals surface area contributed by atoms with E-state index in [1.165, 1.54) is 0 Å². The van der Waals surface area contributed by atoms with Crippen LogP contribution in [0.2, 0.25) is 0 Å². The summed E-state index contributed by atoms with van der Waals surface area (Å²) in [6.45, 7) is 10.7. The average molecular weight is 286 g/mol. The Morgan fingerprint density at radius 2 is 1.95 bits per heavy atom. The van der Waals surface area contributed by atoms with Crippen LogP contribution in [-0.2, 0) is 0 Å². The Morgan fingerprint density at radius 1 is 1.24 bits per heavy atom. The predicted octanol–water partition coefficient (Wildman–Crippen LogP) is 1.73. The molecule has 0 bridgehead atoms. The summed E-state index contributed by atoms with van der Waals surface area (Å²) < 4.78 is 1.91. The summed E-state index contributed by atoms with van der Waals surface area (Å²) in [7, 11) is 0. The number of hydrogen-bond acceptors (Lipinski definition) is 3. The van der Waals surface area contributed by atoms with E-state index in [-0.39, 0.29) is 5.91 Å². The van der Waals surface area contributed by atoms with Crippen molar-refractivity contribution in [2.75, 3.05) is 32.7 Å². The molecule has 2 aromatic heterocycles. The second kappa shape index (κ2) is 5.48. The van der Waals surface area contributed by atoms with Crippen LogP contribution in [0.4, 0.5) is 0 Å². The van der Waals surface area contributed by atoms with E-state index in [1.807, 2.05) is 41.5 Å². The van der Waals surface area contributed by atoms with E-state index >= 15 is 0 Å². The lowest BCUT2D eigenvalue weighted by Gasteiger charge is -2.34. The van der Waals surface area contributed by atoms with Gasteiger partial charge in [-0.15, -0.1) is 0 Å². The van der Waals surface area contributed by atoms with Gasteiger partial charge in [0.25, 0.3) is 5.91 Å². The zero-order chi connectivity index (χ0) is 15.0. The molecule has 0 radical (unpaired) electrons. The number of fused-ring (bicyclic) bond motifs is 1. The Balaban J connectivity index is 1.90. The molecule has 1 aliphatic rings. The fraction of sp³-hybridized carbons (Fsp3) is 0.500. The van der Waals surface area contributed by atoms with Gasteiger partial charge in [0, 0.05) is 32.4 Å². The summed E-state index contributed by atoms with van der Waals surface area (Å²) in [6.07, 6.45) is 1.94. The molecule has 2 aromatic rings. The van der Waals surface area contributed by atoms with Crippen molar-refractivity contribution in [1.29, 1.82) is 0 Å². The second-order valence-corrected chi connectivity index (χ2v) is 5.70. The molecular formula is C16H22N4O. The van der Waals surface area contributed by atoms with Gasteiger partial charge in [-0.05, 0) is 38.1 Å². The van der Waals surface area contributed by atoms with Gasteiger partial charge in [-0.3, -0.25) is 9.20 Å². The van der Waals surface area contributed by atoms with Gasteiger partial charge in [0.15, 0.2) is 0 Å². The van der Waals surface area contributed by atoms with E-state index in [9.17, 15) is 4.79 Å².